The van der Waals surface area contributed by atoms with Crippen molar-refractivity contribution in [3.8, 4) is 5.75 Å². The molecule has 1 aliphatic heterocycles. The number of anilines is 1. The average Bonchev–Trinajstić information content (AvgIpc) is 2.64. The standard InChI is InChI=1S/C21H26N2O2/c1-16-11-13-23(14-12-16)20(17-7-4-3-5-8-17)21(24)22-18-9-6-10-19(15-18)25-2/h3-10,15-16,20H,11-14H2,1-2H3,(H,22,24)/t20-/m0/s1. The van der Waals surface area contributed by atoms with Gasteiger partial charge in [0.2, 0.25) is 5.91 Å². The van der Waals surface area contributed by atoms with Gasteiger partial charge in [0.05, 0.1) is 7.11 Å². The second kappa shape index (κ2) is 8.17. The molecular weight excluding hydrogens is 312 g/mol. The Morgan fingerprint density at radius 3 is 2.52 bits per heavy atom. The number of carbonyl (C=O) groups is 1. The number of nitrogens with one attached hydrogen (secondary N) is 1. The molecule has 1 amide bonds. The zero-order valence-electron chi connectivity index (χ0n) is 14.9. The van der Waals surface area contributed by atoms with Crippen molar-refractivity contribution in [2.75, 3.05) is 25.5 Å². The predicted octanol–water partition coefficient (Wildman–Crippen LogP) is 4.11. The Kier molecular flexibility index (Phi) is 5.71. The number of rotatable bonds is 5. The van der Waals surface area contributed by atoms with Crippen molar-refractivity contribution in [3.63, 3.8) is 0 Å². The van der Waals surface area contributed by atoms with Crippen LogP contribution in [-0.2, 0) is 4.79 Å². The highest BCUT2D eigenvalue weighted by Crippen LogP contribution is 2.28. The maximum atomic E-state index is 13.1. The SMILES string of the molecule is COc1cccc(NC(=O)[C@H](c2ccccc2)N2CCC(C)CC2)c1. The molecule has 0 unspecified atom stereocenters. The van der Waals surface area contributed by atoms with Gasteiger partial charge in [-0.25, -0.2) is 0 Å². The predicted molar refractivity (Wildman–Crippen MR) is 101 cm³/mol. The highest BCUT2D eigenvalue weighted by molar-refractivity contribution is 5.95. The Morgan fingerprint density at radius 2 is 1.84 bits per heavy atom. The fourth-order valence-corrected chi connectivity index (χ4v) is 3.36. The molecule has 132 valence electrons. The van der Waals surface area contributed by atoms with Crippen molar-refractivity contribution >= 4 is 11.6 Å². The number of amides is 1. The summed E-state index contributed by atoms with van der Waals surface area (Å²) in [4.78, 5) is 15.4. The second-order valence-corrected chi connectivity index (χ2v) is 6.75. The molecule has 1 fully saturated rings. The monoisotopic (exact) mass is 338 g/mol. The van der Waals surface area contributed by atoms with E-state index in [1.54, 1.807) is 7.11 Å². The Hall–Kier alpha value is -2.33. The third-order valence-corrected chi connectivity index (χ3v) is 4.88. The minimum Gasteiger partial charge on any atom is -0.497 e. The van der Waals surface area contributed by atoms with Crippen molar-refractivity contribution < 1.29 is 9.53 Å². The molecule has 0 aliphatic carbocycles. The van der Waals surface area contributed by atoms with E-state index in [0.717, 1.165) is 48.8 Å². The van der Waals surface area contributed by atoms with Crippen LogP contribution in [0.3, 0.4) is 0 Å². The van der Waals surface area contributed by atoms with Crippen molar-refractivity contribution in [2.45, 2.75) is 25.8 Å². The zero-order chi connectivity index (χ0) is 17.6. The molecule has 0 bridgehead atoms. The number of carbonyl (C=O) groups excluding carboxylic acids is 1. The number of piperidine rings is 1. The Morgan fingerprint density at radius 1 is 1.12 bits per heavy atom. The Labute approximate surface area is 149 Å². The highest BCUT2D eigenvalue weighted by atomic mass is 16.5. The smallest absolute Gasteiger partial charge is 0.246 e. The van der Waals surface area contributed by atoms with E-state index in [2.05, 4.69) is 17.1 Å². The molecular formula is C21H26N2O2. The van der Waals surface area contributed by atoms with Crippen LogP contribution in [0.15, 0.2) is 54.6 Å². The molecule has 0 saturated carbocycles. The number of hydrogen-bond acceptors (Lipinski definition) is 3. The topological polar surface area (TPSA) is 41.6 Å². The quantitative estimate of drug-likeness (QED) is 0.892. The van der Waals surface area contributed by atoms with E-state index < -0.39 is 0 Å². The lowest BCUT2D eigenvalue weighted by atomic mass is 9.95. The number of likely N-dealkylation sites (tertiary alicyclic amines) is 1. The van der Waals surface area contributed by atoms with Gasteiger partial charge >= 0.3 is 0 Å². The first-order valence-electron chi connectivity index (χ1n) is 8.91. The average molecular weight is 338 g/mol. The molecule has 0 aromatic heterocycles. The van der Waals surface area contributed by atoms with Crippen LogP contribution >= 0.6 is 0 Å². The third kappa shape index (κ3) is 4.40. The van der Waals surface area contributed by atoms with Gasteiger partial charge in [-0.3, -0.25) is 9.69 Å². The zero-order valence-corrected chi connectivity index (χ0v) is 14.9. The van der Waals surface area contributed by atoms with Crippen LogP contribution in [0.1, 0.15) is 31.4 Å². The van der Waals surface area contributed by atoms with E-state index in [1.807, 2.05) is 54.6 Å². The summed E-state index contributed by atoms with van der Waals surface area (Å²) >= 11 is 0. The summed E-state index contributed by atoms with van der Waals surface area (Å²) in [6.07, 6.45) is 2.27. The highest BCUT2D eigenvalue weighted by Gasteiger charge is 2.30. The first-order valence-corrected chi connectivity index (χ1v) is 8.91. The van der Waals surface area contributed by atoms with Gasteiger partial charge in [0.25, 0.3) is 0 Å². The summed E-state index contributed by atoms with van der Waals surface area (Å²) in [7, 11) is 1.63. The summed E-state index contributed by atoms with van der Waals surface area (Å²) in [5.74, 6) is 1.48. The van der Waals surface area contributed by atoms with Crippen LogP contribution in [0.5, 0.6) is 5.75 Å². The summed E-state index contributed by atoms with van der Waals surface area (Å²) in [6.45, 7) is 4.18. The van der Waals surface area contributed by atoms with E-state index in [-0.39, 0.29) is 11.9 Å². The fraction of sp³-hybridized carbons (Fsp3) is 0.381. The van der Waals surface area contributed by atoms with Crippen LogP contribution in [0.2, 0.25) is 0 Å². The molecule has 4 nitrogen and oxygen atoms in total. The van der Waals surface area contributed by atoms with Crippen molar-refractivity contribution in [1.82, 2.24) is 4.90 Å². The lowest BCUT2D eigenvalue weighted by molar-refractivity contribution is -0.122. The number of methoxy groups -OCH3 is 1. The summed E-state index contributed by atoms with van der Waals surface area (Å²) in [5, 5.41) is 3.06. The van der Waals surface area contributed by atoms with Crippen LogP contribution in [0.4, 0.5) is 5.69 Å². The van der Waals surface area contributed by atoms with Crippen LogP contribution in [-0.4, -0.2) is 31.0 Å². The van der Waals surface area contributed by atoms with Crippen molar-refractivity contribution in [1.29, 1.82) is 0 Å². The molecule has 2 aromatic carbocycles. The summed E-state index contributed by atoms with van der Waals surface area (Å²) in [6, 6.07) is 17.3. The molecule has 0 radical (unpaired) electrons. The van der Waals surface area contributed by atoms with Gasteiger partial charge in [-0.1, -0.05) is 43.3 Å². The third-order valence-electron chi connectivity index (χ3n) is 4.88. The van der Waals surface area contributed by atoms with E-state index in [1.165, 1.54) is 0 Å². The Bertz CT molecular complexity index is 694. The molecule has 2 aromatic rings. The lowest BCUT2D eigenvalue weighted by Crippen LogP contribution is -2.41. The van der Waals surface area contributed by atoms with Crippen LogP contribution in [0, 0.1) is 5.92 Å². The van der Waals surface area contributed by atoms with Gasteiger partial charge in [-0.05, 0) is 49.5 Å². The van der Waals surface area contributed by atoms with Gasteiger partial charge in [0.1, 0.15) is 11.8 Å². The minimum absolute atomic E-state index is 0.00834. The van der Waals surface area contributed by atoms with E-state index in [9.17, 15) is 4.79 Å². The molecule has 1 saturated heterocycles. The van der Waals surface area contributed by atoms with Crippen molar-refractivity contribution in [3.05, 3.63) is 60.2 Å². The summed E-state index contributed by atoms with van der Waals surface area (Å²) in [5.41, 5.74) is 1.80. The van der Waals surface area contributed by atoms with E-state index in [4.69, 9.17) is 4.74 Å². The maximum Gasteiger partial charge on any atom is 0.246 e. The number of nitrogens with zero attached hydrogens (tertiary/aromatic N) is 1. The number of ether oxygens (including phenoxy) is 1. The Balaban J connectivity index is 1.82. The van der Waals surface area contributed by atoms with Gasteiger partial charge < -0.3 is 10.1 Å². The molecule has 1 atom stereocenters. The molecule has 25 heavy (non-hydrogen) atoms. The van der Waals surface area contributed by atoms with E-state index in [0.29, 0.717) is 0 Å². The first kappa shape index (κ1) is 17.5. The molecule has 0 spiro atoms. The minimum atomic E-state index is -0.264. The van der Waals surface area contributed by atoms with Crippen LogP contribution < -0.4 is 10.1 Å². The van der Waals surface area contributed by atoms with Gasteiger partial charge in [-0.2, -0.15) is 0 Å². The number of hydrogen-bond donors (Lipinski definition) is 1. The molecule has 3 rings (SSSR count). The first-order chi connectivity index (χ1) is 12.2. The van der Waals surface area contributed by atoms with E-state index >= 15 is 0 Å². The molecule has 1 N–H and O–H groups in total. The second-order valence-electron chi connectivity index (χ2n) is 6.75. The molecule has 1 heterocycles. The van der Waals surface area contributed by atoms with Crippen LogP contribution in [0.25, 0.3) is 0 Å². The maximum absolute atomic E-state index is 13.1. The fourth-order valence-electron chi connectivity index (χ4n) is 3.36. The lowest BCUT2D eigenvalue weighted by Gasteiger charge is -2.36. The largest absolute Gasteiger partial charge is 0.497 e. The van der Waals surface area contributed by atoms with Gasteiger partial charge in [0, 0.05) is 11.8 Å². The number of benzene rings is 2. The molecule has 4 heteroatoms. The molecule has 1 aliphatic rings. The normalized spacial score (nSPS) is 17.0. The summed E-state index contributed by atoms with van der Waals surface area (Å²) < 4.78 is 5.25. The van der Waals surface area contributed by atoms with Gasteiger partial charge in [-0.15, -0.1) is 0 Å². The van der Waals surface area contributed by atoms with Gasteiger partial charge in [0.15, 0.2) is 0 Å². The van der Waals surface area contributed by atoms with Crippen molar-refractivity contribution in [2.24, 2.45) is 5.92 Å².